The van der Waals surface area contributed by atoms with Crippen molar-refractivity contribution < 1.29 is 0 Å². The van der Waals surface area contributed by atoms with E-state index >= 15 is 0 Å². The van der Waals surface area contributed by atoms with Gasteiger partial charge in [-0.05, 0) is 51.0 Å². The van der Waals surface area contributed by atoms with Crippen molar-refractivity contribution in [1.29, 1.82) is 0 Å². The van der Waals surface area contributed by atoms with Gasteiger partial charge in [0, 0.05) is 25.8 Å². The van der Waals surface area contributed by atoms with Crippen LogP contribution in [0.5, 0.6) is 0 Å². The van der Waals surface area contributed by atoms with Crippen LogP contribution in [0.3, 0.4) is 0 Å². The first-order chi connectivity index (χ1) is 10.8. The molecule has 122 valence electrons. The first-order valence-electron chi connectivity index (χ1n) is 8.83. The Morgan fingerprint density at radius 3 is 2.68 bits per heavy atom. The van der Waals surface area contributed by atoms with Crippen LogP contribution in [-0.2, 0) is 0 Å². The molecular formula is C18H30N4. The third-order valence-corrected chi connectivity index (χ3v) is 4.05. The van der Waals surface area contributed by atoms with Crippen LogP contribution in [0, 0.1) is 0 Å². The second-order valence-corrected chi connectivity index (χ2v) is 6.01. The molecule has 22 heavy (non-hydrogen) atoms. The van der Waals surface area contributed by atoms with Crippen LogP contribution in [0.4, 0.5) is 11.8 Å². The Kier molecular flexibility index (Phi) is 7.20. The third kappa shape index (κ3) is 5.32. The molecule has 1 aromatic rings. The summed E-state index contributed by atoms with van der Waals surface area (Å²) in [6.45, 7) is 7.39. The molecule has 0 bridgehead atoms. The molecule has 0 radical (unpaired) electrons. The minimum atomic E-state index is 0.852. The highest BCUT2D eigenvalue weighted by Gasteiger charge is 2.08. The summed E-state index contributed by atoms with van der Waals surface area (Å²) in [6, 6.07) is 1.97. The van der Waals surface area contributed by atoms with Gasteiger partial charge in [-0.15, -0.1) is 0 Å². The van der Waals surface area contributed by atoms with Gasteiger partial charge in [-0.3, -0.25) is 0 Å². The lowest BCUT2D eigenvalue weighted by Gasteiger charge is -2.21. The average molecular weight is 302 g/mol. The Morgan fingerprint density at radius 1 is 1.18 bits per heavy atom. The fourth-order valence-electron chi connectivity index (χ4n) is 2.93. The maximum Gasteiger partial charge on any atom is 0.227 e. The number of nitrogens with zero attached hydrogens (tertiary/aromatic N) is 3. The van der Waals surface area contributed by atoms with Crippen molar-refractivity contribution in [3.05, 3.63) is 23.9 Å². The summed E-state index contributed by atoms with van der Waals surface area (Å²) >= 11 is 0. The molecule has 4 heteroatoms. The van der Waals surface area contributed by atoms with E-state index in [-0.39, 0.29) is 0 Å². The third-order valence-electron chi connectivity index (χ3n) is 4.05. The number of hydrogen-bond donors (Lipinski definition) is 1. The monoisotopic (exact) mass is 302 g/mol. The van der Waals surface area contributed by atoms with Gasteiger partial charge >= 0.3 is 0 Å². The second-order valence-electron chi connectivity index (χ2n) is 6.01. The van der Waals surface area contributed by atoms with Gasteiger partial charge in [0.1, 0.15) is 5.82 Å². The Morgan fingerprint density at radius 2 is 2.00 bits per heavy atom. The fraction of sp³-hybridized carbons (Fsp3) is 0.667. The van der Waals surface area contributed by atoms with E-state index in [1.807, 2.05) is 12.3 Å². The molecule has 0 atom stereocenters. The molecule has 0 saturated carbocycles. The molecule has 1 aliphatic carbocycles. The van der Waals surface area contributed by atoms with Crippen molar-refractivity contribution in [1.82, 2.24) is 9.97 Å². The quantitative estimate of drug-likeness (QED) is 0.686. The summed E-state index contributed by atoms with van der Waals surface area (Å²) in [5.41, 5.74) is 1.60. The number of anilines is 2. The SMILES string of the molecule is CCCN(CCC)c1nccc(NCCC2=CCCCC2)n1. The molecule has 0 fully saturated rings. The number of hydrogen-bond acceptors (Lipinski definition) is 4. The van der Waals surface area contributed by atoms with Crippen LogP contribution in [0.1, 0.15) is 58.8 Å². The highest BCUT2D eigenvalue weighted by Crippen LogP contribution is 2.20. The van der Waals surface area contributed by atoms with Crippen molar-refractivity contribution in [2.24, 2.45) is 0 Å². The van der Waals surface area contributed by atoms with Crippen molar-refractivity contribution >= 4 is 11.8 Å². The van der Waals surface area contributed by atoms with Crippen LogP contribution in [0.15, 0.2) is 23.9 Å². The Labute approximate surface area is 135 Å². The van der Waals surface area contributed by atoms with Crippen LogP contribution in [0.25, 0.3) is 0 Å². The second kappa shape index (κ2) is 9.44. The van der Waals surface area contributed by atoms with E-state index in [1.165, 1.54) is 25.7 Å². The lowest BCUT2D eigenvalue weighted by atomic mass is 9.97. The molecule has 2 rings (SSSR count). The Balaban J connectivity index is 1.88. The standard InChI is InChI=1S/C18H30N4/c1-3-14-22(15-4-2)18-20-13-11-17(21-18)19-12-10-16-8-6-5-7-9-16/h8,11,13H,3-7,9-10,12,14-15H2,1-2H3,(H,19,20,21). The topological polar surface area (TPSA) is 41.1 Å². The van der Waals surface area contributed by atoms with Gasteiger partial charge in [0.05, 0.1) is 0 Å². The molecule has 0 unspecified atom stereocenters. The number of allylic oxidation sites excluding steroid dienone is 1. The van der Waals surface area contributed by atoms with Crippen LogP contribution >= 0.6 is 0 Å². The van der Waals surface area contributed by atoms with Gasteiger partial charge in [0.15, 0.2) is 0 Å². The van der Waals surface area contributed by atoms with E-state index in [4.69, 9.17) is 0 Å². The first kappa shape index (κ1) is 16.8. The molecule has 0 saturated heterocycles. The van der Waals surface area contributed by atoms with Gasteiger partial charge in [-0.25, -0.2) is 4.98 Å². The zero-order valence-corrected chi connectivity index (χ0v) is 14.1. The maximum absolute atomic E-state index is 4.68. The van der Waals surface area contributed by atoms with Gasteiger partial charge in [0.25, 0.3) is 0 Å². The van der Waals surface area contributed by atoms with E-state index in [9.17, 15) is 0 Å². The number of nitrogens with one attached hydrogen (secondary N) is 1. The molecular weight excluding hydrogens is 272 g/mol. The predicted molar refractivity (Wildman–Crippen MR) is 94.5 cm³/mol. The largest absolute Gasteiger partial charge is 0.370 e. The minimum Gasteiger partial charge on any atom is -0.370 e. The number of aromatic nitrogens is 2. The average Bonchev–Trinajstić information content (AvgIpc) is 2.56. The summed E-state index contributed by atoms with van der Waals surface area (Å²) in [5.74, 6) is 1.80. The zero-order valence-electron chi connectivity index (χ0n) is 14.1. The van der Waals surface area contributed by atoms with Crippen molar-refractivity contribution in [3.63, 3.8) is 0 Å². The lowest BCUT2D eigenvalue weighted by molar-refractivity contribution is 0.679. The summed E-state index contributed by atoms with van der Waals surface area (Å²) < 4.78 is 0. The molecule has 4 nitrogen and oxygen atoms in total. The smallest absolute Gasteiger partial charge is 0.227 e. The highest BCUT2D eigenvalue weighted by atomic mass is 15.3. The van der Waals surface area contributed by atoms with Crippen LogP contribution in [-0.4, -0.2) is 29.6 Å². The zero-order chi connectivity index (χ0) is 15.6. The maximum atomic E-state index is 4.68. The summed E-state index contributed by atoms with van der Waals surface area (Å²) in [4.78, 5) is 11.4. The molecule has 0 aromatic carbocycles. The first-order valence-corrected chi connectivity index (χ1v) is 8.83. The molecule has 1 aromatic heterocycles. The highest BCUT2D eigenvalue weighted by molar-refractivity contribution is 5.41. The van der Waals surface area contributed by atoms with E-state index < -0.39 is 0 Å². The molecule has 1 heterocycles. The predicted octanol–water partition coefficient (Wildman–Crippen LogP) is 4.41. The Hall–Kier alpha value is -1.58. The molecule has 0 amide bonds. The van der Waals surface area contributed by atoms with E-state index in [1.54, 1.807) is 5.57 Å². The van der Waals surface area contributed by atoms with E-state index in [0.717, 1.165) is 50.7 Å². The number of rotatable bonds is 9. The van der Waals surface area contributed by atoms with Gasteiger partial charge in [0.2, 0.25) is 5.95 Å². The fourth-order valence-corrected chi connectivity index (χ4v) is 2.93. The van der Waals surface area contributed by atoms with Gasteiger partial charge in [-0.1, -0.05) is 25.5 Å². The summed E-state index contributed by atoms with van der Waals surface area (Å²) in [6.07, 6.45) is 12.9. The molecule has 1 N–H and O–H groups in total. The molecule has 1 aliphatic rings. The van der Waals surface area contributed by atoms with E-state index in [2.05, 4.69) is 40.1 Å². The molecule has 0 aliphatic heterocycles. The van der Waals surface area contributed by atoms with Crippen molar-refractivity contribution in [2.45, 2.75) is 58.8 Å². The summed E-state index contributed by atoms with van der Waals surface area (Å²) in [5, 5.41) is 3.45. The van der Waals surface area contributed by atoms with Crippen LogP contribution in [0.2, 0.25) is 0 Å². The minimum absolute atomic E-state index is 0.852. The van der Waals surface area contributed by atoms with Crippen LogP contribution < -0.4 is 10.2 Å². The Bertz CT molecular complexity index is 464. The van der Waals surface area contributed by atoms with Gasteiger partial charge < -0.3 is 10.2 Å². The van der Waals surface area contributed by atoms with Gasteiger partial charge in [-0.2, -0.15) is 4.98 Å². The van der Waals surface area contributed by atoms with Crippen molar-refractivity contribution in [3.8, 4) is 0 Å². The normalized spacial score (nSPS) is 14.5. The summed E-state index contributed by atoms with van der Waals surface area (Å²) in [7, 11) is 0. The molecule has 0 spiro atoms. The van der Waals surface area contributed by atoms with Crippen molar-refractivity contribution in [2.75, 3.05) is 29.9 Å². The van der Waals surface area contributed by atoms with E-state index in [0.29, 0.717) is 0 Å². The lowest BCUT2D eigenvalue weighted by Crippen LogP contribution is -2.27.